The van der Waals surface area contributed by atoms with Crippen LogP contribution in [0.3, 0.4) is 0 Å². The fourth-order valence-electron chi connectivity index (χ4n) is 2.11. The summed E-state index contributed by atoms with van der Waals surface area (Å²) in [5, 5.41) is 8.57. The monoisotopic (exact) mass is 328 g/mol. The Labute approximate surface area is 137 Å². The minimum Gasteiger partial charge on any atom is -0.355 e. The normalized spacial score (nSPS) is 11.2. The van der Waals surface area contributed by atoms with Crippen molar-refractivity contribution in [2.24, 2.45) is 5.73 Å². The van der Waals surface area contributed by atoms with Gasteiger partial charge in [0, 0.05) is 13.1 Å². The molecule has 5 N–H and O–H groups in total. The van der Waals surface area contributed by atoms with E-state index in [1.54, 1.807) is 0 Å². The molecule has 0 saturated heterocycles. The van der Waals surface area contributed by atoms with Crippen LogP contribution in [0.2, 0.25) is 0 Å². The summed E-state index contributed by atoms with van der Waals surface area (Å²) in [5.74, 6) is -0.116. The summed E-state index contributed by atoms with van der Waals surface area (Å²) in [6, 6.07) is 6.57. The lowest BCUT2D eigenvalue weighted by molar-refractivity contribution is -0.121. The molecule has 0 saturated carbocycles. The molecule has 6 nitrogen and oxygen atoms in total. The molecule has 0 fully saturated rings. The predicted molar refractivity (Wildman–Crippen MR) is 90.1 cm³/mol. The van der Waals surface area contributed by atoms with E-state index in [2.05, 4.69) is 16.0 Å². The Morgan fingerprint density at radius 2 is 1.91 bits per heavy atom. The Morgan fingerprint density at radius 1 is 1.23 bits per heavy atom. The molecule has 124 valence electrons. The van der Waals surface area contributed by atoms with Crippen LogP contribution in [-0.4, -0.2) is 31.6 Å². The standard InChI is InChI=1S/C15H24N4O2.ClH/c1-3-17-8-9-18-14(20)10-13(19-15(16)21)12-7-5-4-6-11(12)2;/h4-7,13,17H,3,8-10H2,1-2H3,(H,18,20)(H3,16,19,21);1H. The fourth-order valence-corrected chi connectivity index (χ4v) is 2.11. The molecular weight excluding hydrogens is 304 g/mol. The van der Waals surface area contributed by atoms with Crippen LogP contribution in [0.15, 0.2) is 24.3 Å². The maximum Gasteiger partial charge on any atom is 0.312 e. The summed E-state index contributed by atoms with van der Waals surface area (Å²) < 4.78 is 0. The smallest absolute Gasteiger partial charge is 0.312 e. The summed E-state index contributed by atoms with van der Waals surface area (Å²) in [7, 11) is 0. The third kappa shape index (κ3) is 7.28. The number of hydrogen-bond acceptors (Lipinski definition) is 3. The third-order valence-electron chi connectivity index (χ3n) is 3.14. The second kappa shape index (κ2) is 10.9. The predicted octanol–water partition coefficient (Wildman–Crippen LogP) is 1.24. The van der Waals surface area contributed by atoms with E-state index in [1.165, 1.54) is 0 Å². The van der Waals surface area contributed by atoms with Gasteiger partial charge in [-0.1, -0.05) is 31.2 Å². The molecule has 0 heterocycles. The molecule has 0 aromatic heterocycles. The molecule has 1 atom stereocenters. The van der Waals surface area contributed by atoms with Gasteiger partial charge in [-0.2, -0.15) is 0 Å². The summed E-state index contributed by atoms with van der Waals surface area (Å²) in [6.45, 7) is 6.09. The molecular formula is C15H25ClN4O2. The van der Waals surface area contributed by atoms with Gasteiger partial charge in [0.1, 0.15) is 0 Å². The molecule has 0 spiro atoms. The van der Waals surface area contributed by atoms with Crippen LogP contribution in [0.25, 0.3) is 0 Å². The van der Waals surface area contributed by atoms with Gasteiger partial charge in [-0.15, -0.1) is 12.4 Å². The van der Waals surface area contributed by atoms with Crippen molar-refractivity contribution in [2.45, 2.75) is 26.3 Å². The molecule has 1 rings (SSSR count). The Bertz CT molecular complexity index is 482. The summed E-state index contributed by atoms with van der Waals surface area (Å²) in [5.41, 5.74) is 7.12. The van der Waals surface area contributed by atoms with Gasteiger partial charge in [0.05, 0.1) is 12.5 Å². The Hall–Kier alpha value is -1.79. The number of rotatable bonds is 8. The molecule has 0 aliphatic carbocycles. The number of amides is 3. The van der Waals surface area contributed by atoms with Crippen LogP contribution >= 0.6 is 12.4 Å². The van der Waals surface area contributed by atoms with Gasteiger partial charge in [0.25, 0.3) is 0 Å². The average molecular weight is 329 g/mol. The quantitative estimate of drug-likeness (QED) is 0.541. The van der Waals surface area contributed by atoms with E-state index in [4.69, 9.17) is 5.73 Å². The Balaban J connectivity index is 0.00000441. The van der Waals surface area contributed by atoms with Crippen LogP contribution in [0.4, 0.5) is 4.79 Å². The number of urea groups is 1. The molecule has 7 heteroatoms. The number of carbonyl (C=O) groups excluding carboxylic acids is 2. The maximum atomic E-state index is 12.0. The molecule has 1 aromatic rings. The van der Waals surface area contributed by atoms with E-state index < -0.39 is 12.1 Å². The van der Waals surface area contributed by atoms with Crippen molar-refractivity contribution in [3.05, 3.63) is 35.4 Å². The second-order valence-electron chi connectivity index (χ2n) is 4.83. The van der Waals surface area contributed by atoms with E-state index >= 15 is 0 Å². The van der Waals surface area contributed by atoms with Crippen LogP contribution < -0.4 is 21.7 Å². The summed E-state index contributed by atoms with van der Waals surface area (Å²) in [4.78, 5) is 23.1. The van der Waals surface area contributed by atoms with Crippen molar-refractivity contribution >= 4 is 24.3 Å². The number of nitrogens with two attached hydrogens (primary N) is 1. The lowest BCUT2D eigenvalue weighted by atomic mass is 9.98. The van der Waals surface area contributed by atoms with Gasteiger partial charge in [-0.25, -0.2) is 4.79 Å². The van der Waals surface area contributed by atoms with E-state index in [0.29, 0.717) is 6.54 Å². The SMILES string of the molecule is CCNCCNC(=O)CC(NC(N)=O)c1ccccc1C.Cl. The van der Waals surface area contributed by atoms with Gasteiger partial charge in [-0.3, -0.25) is 4.79 Å². The zero-order valence-corrected chi connectivity index (χ0v) is 13.8. The van der Waals surface area contributed by atoms with Crippen molar-refractivity contribution in [3.8, 4) is 0 Å². The van der Waals surface area contributed by atoms with E-state index in [-0.39, 0.29) is 24.7 Å². The van der Waals surface area contributed by atoms with Crippen molar-refractivity contribution in [1.82, 2.24) is 16.0 Å². The van der Waals surface area contributed by atoms with Crippen LogP contribution in [0.5, 0.6) is 0 Å². The largest absolute Gasteiger partial charge is 0.355 e. The van der Waals surface area contributed by atoms with Gasteiger partial charge >= 0.3 is 6.03 Å². The first-order valence-corrected chi connectivity index (χ1v) is 7.13. The first kappa shape index (κ1) is 20.2. The molecule has 22 heavy (non-hydrogen) atoms. The highest BCUT2D eigenvalue weighted by Crippen LogP contribution is 2.20. The molecule has 3 amide bonds. The lowest BCUT2D eigenvalue weighted by Gasteiger charge is -2.19. The Morgan fingerprint density at radius 3 is 2.50 bits per heavy atom. The van der Waals surface area contributed by atoms with Crippen LogP contribution in [0.1, 0.15) is 30.5 Å². The number of halogens is 1. The fraction of sp³-hybridized carbons (Fsp3) is 0.467. The van der Waals surface area contributed by atoms with Gasteiger partial charge in [-0.05, 0) is 24.6 Å². The topological polar surface area (TPSA) is 96.2 Å². The number of aryl methyl sites for hydroxylation is 1. The first-order valence-electron chi connectivity index (χ1n) is 7.13. The highest BCUT2D eigenvalue weighted by Gasteiger charge is 2.18. The van der Waals surface area contributed by atoms with Gasteiger partial charge in [0.2, 0.25) is 5.91 Å². The van der Waals surface area contributed by atoms with E-state index in [9.17, 15) is 9.59 Å². The molecule has 0 radical (unpaired) electrons. The Kier molecular flexibility index (Phi) is 9.98. The molecule has 0 bridgehead atoms. The van der Waals surface area contributed by atoms with Crippen molar-refractivity contribution in [2.75, 3.05) is 19.6 Å². The molecule has 0 aliphatic rings. The van der Waals surface area contributed by atoms with Crippen molar-refractivity contribution < 1.29 is 9.59 Å². The van der Waals surface area contributed by atoms with Crippen LogP contribution in [-0.2, 0) is 4.79 Å². The van der Waals surface area contributed by atoms with Crippen LogP contribution in [0, 0.1) is 6.92 Å². The van der Waals surface area contributed by atoms with E-state index in [1.807, 2.05) is 38.1 Å². The number of primary amides is 1. The zero-order chi connectivity index (χ0) is 15.7. The van der Waals surface area contributed by atoms with Gasteiger partial charge in [0.15, 0.2) is 0 Å². The second-order valence-corrected chi connectivity index (χ2v) is 4.83. The number of carbonyl (C=O) groups is 2. The highest BCUT2D eigenvalue weighted by molar-refractivity contribution is 5.85. The highest BCUT2D eigenvalue weighted by atomic mass is 35.5. The minimum absolute atomic E-state index is 0. The summed E-state index contributed by atoms with van der Waals surface area (Å²) >= 11 is 0. The third-order valence-corrected chi connectivity index (χ3v) is 3.14. The number of likely N-dealkylation sites (N-methyl/N-ethyl adjacent to an activating group) is 1. The van der Waals surface area contributed by atoms with E-state index in [0.717, 1.165) is 24.2 Å². The van der Waals surface area contributed by atoms with Crippen molar-refractivity contribution in [3.63, 3.8) is 0 Å². The molecule has 0 aliphatic heterocycles. The minimum atomic E-state index is -0.635. The number of benzene rings is 1. The zero-order valence-electron chi connectivity index (χ0n) is 13.0. The molecule has 1 aromatic carbocycles. The number of hydrogen-bond donors (Lipinski definition) is 4. The first-order chi connectivity index (χ1) is 10.0. The number of nitrogens with one attached hydrogen (secondary N) is 3. The summed E-state index contributed by atoms with van der Waals surface area (Å²) in [6.07, 6.45) is 0.167. The molecule has 1 unspecified atom stereocenters. The lowest BCUT2D eigenvalue weighted by Crippen LogP contribution is -2.38. The average Bonchev–Trinajstić information content (AvgIpc) is 2.43. The van der Waals surface area contributed by atoms with Gasteiger partial charge < -0.3 is 21.7 Å². The maximum absolute atomic E-state index is 12.0. The van der Waals surface area contributed by atoms with Crippen molar-refractivity contribution in [1.29, 1.82) is 0 Å².